The van der Waals surface area contributed by atoms with E-state index in [0.717, 1.165) is 19.4 Å². The lowest BCUT2D eigenvalue weighted by Gasteiger charge is -2.23. The van der Waals surface area contributed by atoms with Crippen molar-refractivity contribution in [3.05, 3.63) is 38.9 Å². The molecule has 0 radical (unpaired) electrons. The van der Waals surface area contributed by atoms with E-state index in [2.05, 4.69) is 0 Å². The van der Waals surface area contributed by atoms with Crippen molar-refractivity contribution in [2.24, 2.45) is 0 Å². The van der Waals surface area contributed by atoms with Gasteiger partial charge in [-0.1, -0.05) is 17.7 Å². The maximum Gasteiger partial charge on any atom is 0.304 e. The Morgan fingerprint density at radius 1 is 1.55 bits per heavy atom. The number of likely N-dealkylation sites (tertiary alicyclic amines) is 1. The van der Waals surface area contributed by atoms with Crippen LogP contribution >= 0.6 is 11.6 Å². The van der Waals surface area contributed by atoms with Crippen LogP contribution in [-0.2, 0) is 11.3 Å². The highest BCUT2D eigenvalue weighted by Gasteiger charge is 2.29. The third kappa shape index (κ3) is 3.26. The Balaban J connectivity index is 2.21. The van der Waals surface area contributed by atoms with Crippen LogP contribution in [-0.4, -0.2) is 33.5 Å². The van der Waals surface area contributed by atoms with E-state index in [4.69, 9.17) is 16.7 Å². The molecule has 20 heavy (non-hydrogen) atoms. The van der Waals surface area contributed by atoms with Crippen LogP contribution in [0.3, 0.4) is 0 Å². The number of carboxylic acids is 1. The number of halogens is 1. The van der Waals surface area contributed by atoms with Gasteiger partial charge < -0.3 is 5.11 Å². The molecule has 108 valence electrons. The smallest absolute Gasteiger partial charge is 0.304 e. The summed E-state index contributed by atoms with van der Waals surface area (Å²) in [6.45, 7) is 1.05. The summed E-state index contributed by atoms with van der Waals surface area (Å²) in [5.74, 6) is -0.851. The molecule has 7 heteroatoms. The molecule has 6 nitrogen and oxygen atoms in total. The molecule has 1 heterocycles. The van der Waals surface area contributed by atoms with Crippen LogP contribution in [0.15, 0.2) is 18.2 Å². The summed E-state index contributed by atoms with van der Waals surface area (Å²) >= 11 is 6.06. The minimum atomic E-state index is -0.851. The number of hydrogen-bond acceptors (Lipinski definition) is 4. The van der Waals surface area contributed by atoms with Gasteiger partial charge in [0.1, 0.15) is 0 Å². The van der Waals surface area contributed by atoms with Gasteiger partial charge in [-0.05, 0) is 25.5 Å². The van der Waals surface area contributed by atoms with Gasteiger partial charge in [0, 0.05) is 18.7 Å². The standard InChI is InChI=1S/C13H15ClN2O4/c14-11-4-1-5-12(16(19)20)10(11)8-15-6-2-3-9(15)7-13(17)18/h1,4-5,9H,2-3,6-8H2,(H,17,18). The highest BCUT2D eigenvalue weighted by Crippen LogP contribution is 2.30. The molecule has 0 amide bonds. The third-order valence-electron chi connectivity index (χ3n) is 3.56. The molecule has 1 aliphatic rings. The van der Waals surface area contributed by atoms with Gasteiger partial charge in [-0.2, -0.15) is 0 Å². The number of hydrogen-bond donors (Lipinski definition) is 1. The fourth-order valence-electron chi connectivity index (χ4n) is 2.61. The quantitative estimate of drug-likeness (QED) is 0.667. The zero-order valence-corrected chi connectivity index (χ0v) is 11.5. The lowest BCUT2D eigenvalue weighted by Crippen LogP contribution is -2.31. The molecule has 0 bridgehead atoms. The first-order valence-corrected chi connectivity index (χ1v) is 6.74. The molecule has 1 saturated heterocycles. The third-order valence-corrected chi connectivity index (χ3v) is 3.92. The Kier molecular flexibility index (Phi) is 4.57. The summed E-state index contributed by atoms with van der Waals surface area (Å²) in [4.78, 5) is 23.4. The first-order valence-electron chi connectivity index (χ1n) is 6.36. The summed E-state index contributed by atoms with van der Waals surface area (Å²) in [5.41, 5.74) is 0.440. The van der Waals surface area contributed by atoms with Gasteiger partial charge in [0.2, 0.25) is 0 Å². The van der Waals surface area contributed by atoms with E-state index < -0.39 is 10.9 Å². The Labute approximate surface area is 121 Å². The molecule has 1 aliphatic heterocycles. The Morgan fingerprint density at radius 3 is 2.95 bits per heavy atom. The van der Waals surface area contributed by atoms with Gasteiger partial charge >= 0.3 is 5.97 Å². The summed E-state index contributed by atoms with van der Waals surface area (Å²) < 4.78 is 0. The van der Waals surface area contributed by atoms with Crippen molar-refractivity contribution in [3.8, 4) is 0 Å². The number of benzene rings is 1. The van der Waals surface area contributed by atoms with E-state index in [9.17, 15) is 14.9 Å². The normalized spacial score (nSPS) is 19.1. The lowest BCUT2D eigenvalue weighted by atomic mass is 10.1. The molecule has 1 N–H and O–H groups in total. The molecule has 1 aromatic rings. The SMILES string of the molecule is O=C(O)CC1CCCN1Cc1c(Cl)cccc1[N+](=O)[O-]. The Hall–Kier alpha value is -1.66. The molecule has 0 spiro atoms. The van der Waals surface area contributed by atoms with Crippen LogP contribution in [0, 0.1) is 10.1 Å². The van der Waals surface area contributed by atoms with Crippen LogP contribution in [0.2, 0.25) is 5.02 Å². The fourth-order valence-corrected chi connectivity index (χ4v) is 2.84. The highest BCUT2D eigenvalue weighted by molar-refractivity contribution is 6.31. The van der Waals surface area contributed by atoms with E-state index in [1.54, 1.807) is 12.1 Å². The largest absolute Gasteiger partial charge is 0.481 e. The average Bonchev–Trinajstić information content (AvgIpc) is 2.78. The van der Waals surface area contributed by atoms with Crippen molar-refractivity contribution in [1.82, 2.24) is 4.90 Å². The van der Waals surface area contributed by atoms with Gasteiger partial charge in [0.25, 0.3) is 5.69 Å². The fraction of sp³-hybridized carbons (Fsp3) is 0.462. The van der Waals surface area contributed by atoms with Crippen LogP contribution < -0.4 is 0 Å². The predicted octanol–water partition coefficient (Wildman–Crippen LogP) is 2.69. The van der Waals surface area contributed by atoms with Crippen molar-refractivity contribution in [2.75, 3.05) is 6.54 Å². The van der Waals surface area contributed by atoms with Crippen molar-refractivity contribution in [3.63, 3.8) is 0 Å². The first-order chi connectivity index (χ1) is 9.49. The van der Waals surface area contributed by atoms with Gasteiger partial charge in [0.15, 0.2) is 0 Å². The first kappa shape index (κ1) is 14.7. The molecule has 0 saturated carbocycles. The van der Waals surface area contributed by atoms with Gasteiger partial charge in [-0.3, -0.25) is 19.8 Å². The molecule has 0 aromatic heterocycles. The van der Waals surface area contributed by atoms with Crippen molar-refractivity contribution in [2.45, 2.75) is 31.8 Å². The topological polar surface area (TPSA) is 83.7 Å². The number of aliphatic carboxylic acids is 1. The Morgan fingerprint density at radius 2 is 2.30 bits per heavy atom. The number of rotatable bonds is 5. The minimum absolute atomic E-state index is 0.0153. The second-order valence-corrected chi connectivity index (χ2v) is 5.27. The minimum Gasteiger partial charge on any atom is -0.481 e. The van der Waals surface area contributed by atoms with E-state index >= 15 is 0 Å². The number of nitro benzene ring substituents is 1. The second kappa shape index (κ2) is 6.19. The summed E-state index contributed by atoms with van der Waals surface area (Å²) in [5, 5.41) is 20.3. The molecule has 1 unspecified atom stereocenters. The van der Waals surface area contributed by atoms with Crippen LogP contribution in [0.5, 0.6) is 0 Å². The molecule has 1 aromatic carbocycles. The number of carboxylic acid groups (broad SMARTS) is 1. The van der Waals surface area contributed by atoms with Crippen molar-refractivity contribution >= 4 is 23.3 Å². The zero-order valence-electron chi connectivity index (χ0n) is 10.8. The molecular formula is C13H15ClN2O4. The number of nitro groups is 1. The second-order valence-electron chi connectivity index (χ2n) is 4.86. The van der Waals surface area contributed by atoms with Crippen molar-refractivity contribution < 1.29 is 14.8 Å². The van der Waals surface area contributed by atoms with E-state index in [0.29, 0.717) is 17.1 Å². The molecule has 2 rings (SSSR count). The van der Waals surface area contributed by atoms with E-state index in [1.165, 1.54) is 6.07 Å². The zero-order chi connectivity index (χ0) is 14.7. The van der Waals surface area contributed by atoms with Crippen LogP contribution in [0.4, 0.5) is 5.69 Å². The van der Waals surface area contributed by atoms with Gasteiger partial charge in [-0.25, -0.2) is 0 Å². The number of carbonyl (C=O) groups is 1. The van der Waals surface area contributed by atoms with Crippen LogP contribution in [0.25, 0.3) is 0 Å². The summed E-state index contributed by atoms with van der Waals surface area (Å²) in [6, 6.07) is 4.50. The van der Waals surface area contributed by atoms with Gasteiger partial charge in [0.05, 0.1) is 21.9 Å². The monoisotopic (exact) mass is 298 g/mol. The van der Waals surface area contributed by atoms with E-state index in [-0.39, 0.29) is 18.2 Å². The average molecular weight is 299 g/mol. The molecular weight excluding hydrogens is 284 g/mol. The molecule has 1 fully saturated rings. The maximum atomic E-state index is 11.0. The predicted molar refractivity (Wildman–Crippen MR) is 73.8 cm³/mol. The summed E-state index contributed by atoms with van der Waals surface area (Å²) in [7, 11) is 0. The molecule has 0 aliphatic carbocycles. The lowest BCUT2D eigenvalue weighted by molar-refractivity contribution is -0.385. The molecule has 1 atom stereocenters. The highest BCUT2D eigenvalue weighted by atomic mass is 35.5. The van der Waals surface area contributed by atoms with Crippen molar-refractivity contribution in [1.29, 1.82) is 0 Å². The summed E-state index contributed by atoms with van der Waals surface area (Å²) in [6.07, 6.45) is 1.75. The van der Waals surface area contributed by atoms with E-state index in [1.807, 2.05) is 4.90 Å². The number of nitrogens with zero attached hydrogens (tertiary/aromatic N) is 2. The Bertz CT molecular complexity index is 535. The maximum absolute atomic E-state index is 11.0. The van der Waals surface area contributed by atoms with Gasteiger partial charge in [-0.15, -0.1) is 0 Å². The van der Waals surface area contributed by atoms with Crippen LogP contribution in [0.1, 0.15) is 24.8 Å².